The van der Waals surface area contributed by atoms with Crippen LogP contribution in [-0.2, 0) is 6.42 Å². The van der Waals surface area contributed by atoms with Crippen LogP contribution in [0.4, 0.5) is 0 Å². The zero-order valence-corrected chi connectivity index (χ0v) is 12.9. The Morgan fingerprint density at radius 1 is 1.15 bits per heavy atom. The maximum atomic E-state index is 9.87. The molecule has 0 bridgehead atoms. The smallest absolute Gasteiger partial charge is 0.124 e. The summed E-state index contributed by atoms with van der Waals surface area (Å²) in [5, 5.41) is 22.7. The van der Waals surface area contributed by atoms with Crippen molar-refractivity contribution in [1.82, 2.24) is 5.32 Å². The zero-order chi connectivity index (χ0) is 14.7. The van der Waals surface area contributed by atoms with Crippen molar-refractivity contribution in [2.45, 2.75) is 39.3 Å². The van der Waals surface area contributed by atoms with Gasteiger partial charge >= 0.3 is 0 Å². The van der Waals surface area contributed by atoms with E-state index in [4.69, 9.17) is 0 Å². The van der Waals surface area contributed by atoms with Crippen molar-refractivity contribution in [1.29, 1.82) is 0 Å². The molecule has 0 fully saturated rings. The van der Waals surface area contributed by atoms with Crippen LogP contribution in [0.15, 0.2) is 30.3 Å². The van der Waals surface area contributed by atoms with Gasteiger partial charge in [-0.25, -0.2) is 0 Å². The molecule has 4 heteroatoms. The second-order valence-corrected chi connectivity index (χ2v) is 6.62. The number of phenols is 2. The predicted molar refractivity (Wildman–Crippen MR) is 83.5 cm³/mol. The van der Waals surface area contributed by atoms with Crippen LogP contribution < -0.4 is 5.32 Å². The summed E-state index contributed by atoms with van der Waals surface area (Å²) in [4.78, 5) is 2.70. The fraction of sp³-hybridized carbons (Fsp3) is 0.375. The summed E-state index contributed by atoms with van der Waals surface area (Å²) < 4.78 is 0. The molecule has 2 aromatic rings. The van der Waals surface area contributed by atoms with Gasteiger partial charge in [0.25, 0.3) is 0 Å². The molecule has 0 aliphatic carbocycles. The summed E-state index contributed by atoms with van der Waals surface area (Å²) in [6.07, 6.45) is 0.974. The van der Waals surface area contributed by atoms with E-state index in [0.29, 0.717) is 6.04 Å². The molecule has 108 valence electrons. The highest BCUT2D eigenvalue weighted by Crippen LogP contribution is 2.28. The molecule has 0 radical (unpaired) electrons. The molecule has 2 rings (SSSR count). The lowest BCUT2D eigenvalue weighted by Crippen LogP contribution is -2.30. The Balaban J connectivity index is 1.98. The second kappa shape index (κ2) is 6.29. The molecule has 0 aliphatic heterocycles. The number of hydrogen-bond acceptors (Lipinski definition) is 4. The highest BCUT2D eigenvalue weighted by atomic mass is 32.1. The monoisotopic (exact) mass is 291 g/mol. The maximum absolute atomic E-state index is 9.87. The molecule has 0 saturated carbocycles. The Hall–Kier alpha value is -1.52. The highest BCUT2D eigenvalue weighted by Gasteiger charge is 2.14. The van der Waals surface area contributed by atoms with Crippen LogP contribution >= 0.6 is 11.3 Å². The summed E-state index contributed by atoms with van der Waals surface area (Å²) >= 11 is 1.82. The van der Waals surface area contributed by atoms with Crippen LogP contribution in [-0.4, -0.2) is 16.3 Å². The SMILES string of the molecule is Cc1ccc(CC(C)NC(C)c2ccc(O)cc2O)s1. The highest BCUT2D eigenvalue weighted by molar-refractivity contribution is 7.11. The molecular weight excluding hydrogens is 270 g/mol. The van der Waals surface area contributed by atoms with Gasteiger partial charge in [0.2, 0.25) is 0 Å². The predicted octanol–water partition coefficient (Wildman–Crippen LogP) is 3.75. The van der Waals surface area contributed by atoms with Gasteiger partial charge in [0, 0.05) is 33.5 Å². The van der Waals surface area contributed by atoms with Crippen LogP contribution in [0.5, 0.6) is 11.5 Å². The first-order valence-corrected chi connectivity index (χ1v) is 7.60. The molecule has 20 heavy (non-hydrogen) atoms. The number of benzene rings is 1. The average molecular weight is 291 g/mol. The summed E-state index contributed by atoms with van der Waals surface area (Å²) in [6, 6.07) is 9.39. The van der Waals surface area contributed by atoms with Crippen molar-refractivity contribution in [3.05, 3.63) is 45.6 Å². The normalized spacial score (nSPS) is 14.2. The number of phenolic OH excluding ortho intramolecular Hbond substituents is 2. The standard InChI is InChI=1S/C16H21NO2S/c1-10(8-14-6-4-11(2)20-14)17-12(3)15-7-5-13(18)9-16(15)19/h4-7,9-10,12,17-19H,8H2,1-3H3. The van der Waals surface area contributed by atoms with Crippen LogP contribution in [0, 0.1) is 6.92 Å². The largest absolute Gasteiger partial charge is 0.508 e. The van der Waals surface area contributed by atoms with Gasteiger partial charge < -0.3 is 15.5 Å². The number of nitrogens with one attached hydrogen (secondary N) is 1. The molecule has 0 spiro atoms. The molecule has 0 amide bonds. The van der Waals surface area contributed by atoms with Gasteiger partial charge in [-0.1, -0.05) is 6.07 Å². The quantitative estimate of drug-likeness (QED) is 0.786. The molecular formula is C16H21NO2S. The van der Waals surface area contributed by atoms with Crippen molar-refractivity contribution in [2.75, 3.05) is 0 Å². The Labute approximate surface area is 123 Å². The third kappa shape index (κ3) is 3.74. The Kier molecular flexibility index (Phi) is 4.68. The van der Waals surface area contributed by atoms with E-state index >= 15 is 0 Å². The third-order valence-electron chi connectivity index (χ3n) is 3.32. The van der Waals surface area contributed by atoms with E-state index in [-0.39, 0.29) is 17.5 Å². The number of rotatable bonds is 5. The first-order chi connectivity index (χ1) is 9.45. The minimum absolute atomic E-state index is 0.0339. The zero-order valence-electron chi connectivity index (χ0n) is 12.1. The minimum Gasteiger partial charge on any atom is -0.508 e. The van der Waals surface area contributed by atoms with E-state index in [1.54, 1.807) is 12.1 Å². The van der Waals surface area contributed by atoms with Gasteiger partial charge in [-0.2, -0.15) is 0 Å². The molecule has 2 atom stereocenters. The fourth-order valence-corrected chi connectivity index (χ4v) is 3.39. The van der Waals surface area contributed by atoms with E-state index in [0.717, 1.165) is 12.0 Å². The van der Waals surface area contributed by atoms with E-state index in [1.165, 1.54) is 15.8 Å². The summed E-state index contributed by atoms with van der Waals surface area (Å²) in [5.41, 5.74) is 0.803. The lowest BCUT2D eigenvalue weighted by Gasteiger charge is -2.20. The molecule has 3 N–H and O–H groups in total. The Morgan fingerprint density at radius 3 is 2.50 bits per heavy atom. The molecule has 3 nitrogen and oxygen atoms in total. The van der Waals surface area contributed by atoms with Crippen molar-refractivity contribution in [2.24, 2.45) is 0 Å². The summed E-state index contributed by atoms with van der Waals surface area (Å²) in [6.45, 7) is 6.27. The number of hydrogen-bond donors (Lipinski definition) is 3. The average Bonchev–Trinajstić information content (AvgIpc) is 2.74. The van der Waals surface area contributed by atoms with E-state index < -0.39 is 0 Å². The second-order valence-electron chi connectivity index (χ2n) is 5.25. The van der Waals surface area contributed by atoms with Crippen LogP contribution in [0.2, 0.25) is 0 Å². The van der Waals surface area contributed by atoms with Gasteiger partial charge in [-0.05, 0) is 45.4 Å². The Bertz CT molecular complexity index is 580. The lowest BCUT2D eigenvalue weighted by atomic mass is 10.1. The van der Waals surface area contributed by atoms with Crippen molar-refractivity contribution < 1.29 is 10.2 Å². The van der Waals surface area contributed by atoms with Crippen LogP contribution in [0.1, 0.15) is 35.2 Å². The van der Waals surface area contributed by atoms with Crippen LogP contribution in [0.3, 0.4) is 0 Å². The molecule has 1 heterocycles. The summed E-state index contributed by atoms with van der Waals surface area (Å²) in [5.74, 6) is 0.213. The van der Waals surface area contributed by atoms with Gasteiger partial charge in [-0.15, -0.1) is 11.3 Å². The molecule has 1 aromatic heterocycles. The molecule has 0 saturated heterocycles. The first kappa shape index (κ1) is 14.9. The van der Waals surface area contributed by atoms with E-state index in [9.17, 15) is 10.2 Å². The van der Waals surface area contributed by atoms with Crippen molar-refractivity contribution in [3.63, 3.8) is 0 Å². The molecule has 0 aliphatic rings. The minimum atomic E-state index is 0.0339. The van der Waals surface area contributed by atoms with Crippen molar-refractivity contribution >= 4 is 11.3 Å². The third-order valence-corrected chi connectivity index (χ3v) is 4.34. The van der Waals surface area contributed by atoms with Gasteiger partial charge in [0.15, 0.2) is 0 Å². The maximum Gasteiger partial charge on any atom is 0.124 e. The number of aromatic hydroxyl groups is 2. The number of thiophene rings is 1. The van der Waals surface area contributed by atoms with Gasteiger partial charge in [0.05, 0.1) is 0 Å². The molecule has 1 aromatic carbocycles. The fourth-order valence-electron chi connectivity index (χ4n) is 2.37. The Morgan fingerprint density at radius 2 is 1.90 bits per heavy atom. The van der Waals surface area contributed by atoms with Crippen molar-refractivity contribution in [3.8, 4) is 11.5 Å². The summed E-state index contributed by atoms with van der Waals surface area (Å²) in [7, 11) is 0. The first-order valence-electron chi connectivity index (χ1n) is 6.79. The molecule has 2 unspecified atom stereocenters. The van der Waals surface area contributed by atoms with E-state index in [1.807, 2.05) is 18.3 Å². The van der Waals surface area contributed by atoms with Gasteiger partial charge in [-0.3, -0.25) is 0 Å². The van der Waals surface area contributed by atoms with E-state index in [2.05, 4.69) is 31.3 Å². The topological polar surface area (TPSA) is 52.5 Å². The van der Waals surface area contributed by atoms with Gasteiger partial charge in [0.1, 0.15) is 11.5 Å². The number of aryl methyl sites for hydroxylation is 1. The van der Waals surface area contributed by atoms with Crippen LogP contribution in [0.25, 0.3) is 0 Å². The lowest BCUT2D eigenvalue weighted by molar-refractivity contribution is 0.424.